The second-order valence-electron chi connectivity index (χ2n) is 5.71. The van der Waals surface area contributed by atoms with Crippen LogP contribution < -0.4 is 5.48 Å². The van der Waals surface area contributed by atoms with E-state index in [-0.39, 0.29) is 11.9 Å². The number of carbonyl (C=O) groups is 1. The number of nitrogens with one attached hydrogen (secondary N) is 1. The molecular formula is C18H20N4O2. The van der Waals surface area contributed by atoms with Crippen LogP contribution in [0, 0.1) is 0 Å². The smallest absolute Gasteiger partial charge is 0.274 e. The average molecular weight is 324 g/mol. The molecule has 0 saturated carbocycles. The minimum Gasteiger partial charge on any atom is -0.274 e. The number of hydrogen-bond acceptors (Lipinski definition) is 4. The van der Waals surface area contributed by atoms with Gasteiger partial charge in [-0.15, -0.1) is 0 Å². The van der Waals surface area contributed by atoms with Crippen molar-refractivity contribution >= 4 is 16.9 Å². The lowest BCUT2D eigenvalue weighted by Gasteiger charge is -2.10. The molecule has 0 aliphatic rings. The molecule has 1 aromatic carbocycles. The molecule has 124 valence electrons. The number of amides is 1. The Bertz CT molecular complexity index is 856. The van der Waals surface area contributed by atoms with Gasteiger partial charge in [-0.1, -0.05) is 30.3 Å². The van der Waals surface area contributed by atoms with E-state index in [1.807, 2.05) is 55.8 Å². The number of carbonyl (C=O) groups excluding carboxylic acids is 1. The van der Waals surface area contributed by atoms with E-state index in [0.717, 1.165) is 11.3 Å². The average Bonchev–Trinajstić information content (AvgIpc) is 3.03. The van der Waals surface area contributed by atoms with Gasteiger partial charge in [-0.2, -0.15) is 5.10 Å². The van der Waals surface area contributed by atoms with Crippen LogP contribution in [-0.4, -0.2) is 27.3 Å². The first-order chi connectivity index (χ1) is 11.6. The van der Waals surface area contributed by atoms with E-state index in [9.17, 15) is 4.79 Å². The Morgan fingerprint density at radius 3 is 2.71 bits per heavy atom. The van der Waals surface area contributed by atoms with Crippen molar-refractivity contribution in [3.63, 3.8) is 0 Å². The molecule has 6 heteroatoms. The first-order valence-electron chi connectivity index (χ1n) is 7.97. The Kier molecular flexibility index (Phi) is 4.57. The zero-order chi connectivity index (χ0) is 17.1. The minimum absolute atomic E-state index is 0.142. The van der Waals surface area contributed by atoms with E-state index < -0.39 is 0 Å². The van der Waals surface area contributed by atoms with Gasteiger partial charge in [-0.05, 0) is 26.8 Å². The maximum absolute atomic E-state index is 12.5. The number of pyridine rings is 1. The molecule has 3 aromatic rings. The molecule has 0 spiro atoms. The number of benzene rings is 1. The molecule has 6 nitrogen and oxygen atoms in total. The monoisotopic (exact) mass is 324 g/mol. The highest BCUT2D eigenvalue weighted by Gasteiger charge is 2.18. The second kappa shape index (κ2) is 6.80. The maximum Gasteiger partial charge on any atom is 0.275 e. The summed E-state index contributed by atoms with van der Waals surface area (Å²) in [5.74, 6) is -0.301. The van der Waals surface area contributed by atoms with E-state index in [2.05, 4.69) is 10.6 Å². The minimum atomic E-state index is -0.301. The van der Waals surface area contributed by atoms with Crippen LogP contribution in [0.5, 0.6) is 0 Å². The number of hydroxylamine groups is 1. The van der Waals surface area contributed by atoms with Crippen LogP contribution in [0.25, 0.3) is 22.3 Å². The summed E-state index contributed by atoms with van der Waals surface area (Å²) in [5, 5.41) is 5.10. The quantitative estimate of drug-likeness (QED) is 0.731. The molecule has 1 N–H and O–H groups in total. The van der Waals surface area contributed by atoms with Crippen molar-refractivity contribution in [1.82, 2.24) is 20.2 Å². The van der Waals surface area contributed by atoms with Crippen LogP contribution in [0.2, 0.25) is 0 Å². The molecular weight excluding hydrogens is 304 g/mol. The van der Waals surface area contributed by atoms with Crippen LogP contribution in [0.1, 0.15) is 37.2 Å². The molecule has 0 aliphatic heterocycles. The van der Waals surface area contributed by atoms with Gasteiger partial charge < -0.3 is 0 Å². The SMILES string of the molecule is CCONC(=O)c1cc(-c2ccccc2)nc2c1cnn2C(C)C. The predicted molar refractivity (Wildman–Crippen MR) is 92.4 cm³/mol. The summed E-state index contributed by atoms with van der Waals surface area (Å²) < 4.78 is 1.82. The normalized spacial score (nSPS) is 11.2. The van der Waals surface area contributed by atoms with Gasteiger partial charge in [0.1, 0.15) is 0 Å². The molecule has 0 atom stereocenters. The fraction of sp³-hybridized carbons (Fsp3) is 0.278. The molecule has 2 heterocycles. The molecule has 0 bridgehead atoms. The predicted octanol–water partition coefficient (Wildman–Crippen LogP) is 3.36. The highest BCUT2D eigenvalue weighted by atomic mass is 16.6. The van der Waals surface area contributed by atoms with Gasteiger partial charge in [0, 0.05) is 11.6 Å². The first-order valence-corrected chi connectivity index (χ1v) is 7.97. The molecule has 3 rings (SSSR count). The standard InChI is InChI=1S/C18H20N4O2/c1-4-24-21-18(23)14-10-16(13-8-6-5-7-9-13)20-17-15(14)11-19-22(17)12(2)3/h5-12H,4H2,1-3H3,(H,21,23). The van der Waals surface area contributed by atoms with Crippen LogP contribution in [0.4, 0.5) is 0 Å². The summed E-state index contributed by atoms with van der Waals surface area (Å²) in [5.41, 5.74) is 5.32. The summed E-state index contributed by atoms with van der Waals surface area (Å²) in [4.78, 5) is 22.3. The lowest BCUT2D eigenvalue weighted by molar-refractivity contribution is 0.0366. The van der Waals surface area contributed by atoms with Crippen molar-refractivity contribution < 1.29 is 9.63 Å². The van der Waals surface area contributed by atoms with Gasteiger partial charge in [0.2, 0.25) is 0 Å². The largest absolute Gasteiger partial charge is 0.275 e. The van der Waals surface area contributed by atoms with Crippen LogP contribution >= 0.6 is 0 Å². The lowest BCUT2D eigenvalue weighted by Crippen LogP contribution is -2.24. The third-order valence-electron chi connectivity index (χ3n) is 3.68. The fourth-order valence-corrected chi connectivity index (χ4v) is 2.53. The molecule has 0 aliphatic carbocycles. The zero-order valence-corrected chi connectivity index (χ0v) is 14.0. The summed E-state index contributed by atoms with van der Waals surface area (Å²) in [7, 11) is 0. The van der Waals surface area contributed by atoms with Crippen molar-refractivity contribution in [3.05, 3.63) is 48.2 Å². The first kappa shape index (κ1) is 16.1. The zero-order valence-electron chi connectivity index (χ0n) is 14.0. The molecule has 1 amide bonds. The van der Waals surface area contributed by atoms with Crippen molar-refractivity contribution in [1.29, 1.82) is 0 Å². The van der Waals surface area contributed by atoms with E-state index in [0.29, 0.717) is 23.2 Å². The van der Waals surface area contributed by atoms with Crippen molar-refractivity contribution in [2.45, 2.75) is 26.8 Å². The number of aromatic nitrogens is 3. The Labute approximate surface area is 140 Å². The van der Waals surface area contributed by atoms with Crippen LogP contribution in [-0.2, 0) is 4.84 Å². The van der Waals surface area contributed by atoms with E-state index in [4.69, 9.17) is 9.82 Å². The summed E-state index contributed by atoms with van der Waals surface area (Å²) in [6.45, 7) is 6.28. The highest BCUT2D eigenvalue weighted by Crippen LogP contribution is 2.26. The van der Waals surface area contributed by atoms with Crippen molar-refractivity contribution in [2.24, 2.45) is 0 Å². The lowest BCUT2D eigenvalue weighted by atomic mass is 10.1. The highest BCUT2D eigenvalue weighted by molar-refractivity contribution is 6.06. The fourth-order valence-electron chi connectivity index (χ4n) is 2.53. The molecule has 0 unspecified atom stereocenters. The van der Waals surface area contributed by atoms with Gasteiger partial charge in [0.05, 0.1) is 29.4 Å². The number of nitrogens with zero attached hydrogens (tertiary/aromatic N) is 3. The van der Waals surface area contributed by atoms with Crippen molar-refractivity contribution in [3.8, 4) is 11.3 Å². The van der Waals surface area contributed by atoms with E-state index >= 15 is 0 Å². The number of rotatable bonds is 5. The van der Waals surface area contributed by atoms with Gasteiger partial charge in [-0.3, -0.25) is 9.63 Å². The Morgan fingerprint density at radius 1 is 1.29 bits per heavy atom. The van der Waals surface area contributed by atoms with Crippen LogP contribution in [0.15, 0.2) is 42.6 Å². The van der Waals surface area contributed by atoms with Gasteiger partial charge in [0.15, 0.2) is 5.65 Å². The summed E-state index contributed by atoms with van der Waals surface area (Å²) >= 11 is 0. The maximum atomic E-state index is 12.5. The van der Waals surface area contributed by atoms with E-state index in [1.165, 1.54) is 0 Å². The Hall–Kier alpha value is -2.73. The Morgan fingerprint density at radius 2 is 2.04 bits per heavy atom. The molecule has 0 saturated heterocycles. The molecule has 0 fully saturated rings. The topological polar surface area (TPSA) is 69.0 Å². The number of hydrogen-bond donors (Lipinski definition) is 1. The van der Waals surface area contributed by atoms with Gasteiger partial charge in [0.25, 0.3) is 5.91 Å². The van der Waals surface area contributed by atoms with Gasteiger partial charge in [-0.25, -0.2) is 15.1 Å². The Balaban J connectivity index is 2.19. The van der Waals surface area contributed by atoms with Crippen molar-refractivity contribution in [2.75, 3.05) is 6.61 Å². The summed E-state index contributed by atoms with van der Waals surface area (Å²) in [6, 6.07) is 11.7. The third-order valence-corrected chi connectivity index (χ3v) is 3.68. The molecule has 24 heavy (non-hydrogen) atoms. The van der Waals surface area contributed by atoms with Gasteiger partial charge >= 0.3 is 0 Å². The summed E-state index contributed by atoms with van der Waals surface area (Å²) in [6.07, 6.45) is 1.68. The van der Waals surface area contributed by atoms with Crippen LogP contribution in [0.3, 0.4) is 0 Å². The van der Waals surface area contributed by atoms with E-state index in [1.54, 1.807) is 12.3 Å². The second-order valence-corrected chi connectivity index (χ2v) is 5.71. The molecule has 0 radical (unpaired) electrons. The molecule has 2 aromatic heterocycles. The number of fused-ring (bicyclic) bond motifs is 1. The third kappa shape index (κ3) is 3.00.